The van der Waals surface area contributed by atoms with E-state index >= 15 is 0 Å². The molecule has 0 amide bonds. The molecule has 1 saturated heterocycles. The molecule has 0 bridgehead atoms. The average Bonchev–Trinajstić information content (AvgIpc) is 2.68. The lowest BCUT2D eigenvalue weighted by Gasteiger charge is -2.33. The van der Waals surface area contributed by atoms with Gasteiger partial charge in [0.15, 0.2) is 5.16 Å². The van der Waals surface area contributed by atoms with E-state index in [1.54, 1.807) is 6.20 Å². The van der Waals surface area contributed by atoms with E-state index in [2.05, 4.69) is 25.9 Å². The number of piperidine rings is 1. The van der Waals surface area contributed by atoms with Gasteiger partial charge in [-0.2, -0.15) is 10.2 Å². The van der Waals surface area contributed by atoms with Crippen molar-refractivity contribution in [3.8, 4) is 11.9 Å². The van der Waals surface area contributed by atoms with Gasteiger partial charge in [-0.15, -0.1) is 0 Å². The molecule has 1 aliphatic rings. The number of aryl methyl sites for hydroxylation is 1. The summed E-state index contributed by atoms with van der Waals surface area (Å²) in [4.78, 5) is 15.0. The van der Waals surface area contributed by atoms with E-state index in [9.17, 15) is 0 Å². The van der Waals surface area contributed by atoms with Crippen LogP contribution in [-0.4, -0.2) is 40.9 Å². The Morgan fingerprint density at radius 3 is 2.88 bits per heavy atom. The molecule has 2 aromatic heterocycles. The molecule has 1 fully saturated rings. The minimum Gasteiger partial charge on any atom is -0.477 e. The Morgan fingerprint density at radius 2 is 2.16 bits per heavy atom. The third kappa shape index (κ3) is 4.40. The van der Waals surface area contributed by atoms with Crippen LogP contribution in [0.25, 0.3) is 0 Å². The first-order chi connectivity index (χ1) is 12.2. The SMILES string of the molecule is CSc1ncc(C)c(OCC2CCN(c3ccnc(C#N)c3)CC2)n1. The van der Waals surface area contributed by atoms with Crippen molar-refractivity contribution in [3.63, 3.8) is 0 Å². The highest BCUT2D eigenvalue weighted by Gasteiger charge is 2.21. The van der Waals surface area contributed by atoms with Crippen LogP contribution in [0, 0.1) is 24.2 Å². The monoisotopic (exact) mass is 355 g/mol. The molecule has 3 heterocycles. The normalized spacial score (nSPS) is 15.0. The average molecular weight is 355 g/mol. The zero-order valence-corrected chi connectivity index (χ0v) is 15.3. The van der Waals surface area contributed by atoms with E-state index in [1.165, 1.54) is 11.8 Å². The summed E-state index contributed by atoms with van der Waals surface area (Å²) in [6.45, 7) is 4.57. The number of aromatic nitrogens is 3. The molecule has 7 heteroatoms. The highest BCUT2D eigenvalue weighted by atomic mass is 32.2. The molecule has 6 nitrogen and oxygen atoms in total. The lowest BCUT2D eigenvalue weighted by molar-refractivity contribution is 0.213. The van der Waals surface area contributed by atoms with Gasteiger partial charge in [-0.25, -0.2) is 9.97 Å². The van der Waals surface area contributed by atoms with Gasteiger partial charge in [0, 0.05) is 36.7 Å². The van der Waals surface area contributed by atoms with Crippen LogP contribution in [0.3, 0.4) is 0 Å². The van der Waals surface area contributed by atoms with Crippen molar-refractivity contribution in [2.75, 3.05) is 30.9 Å². The van der Waals surface area contributed by atoms with Gasteiger partial charge in [0.25, 0.3) is 0 Å². The van der Waals surface area contributed by atoms with E-state index < -0.39 is 0 Å². The standard InChI is InChI=1S/C18H21N5OS/c1-13-11-21-18(25-2)22-17(13)24-12-14-4-7-23(8-5-14)16-3-6-20-15(9-16)10-19/h3,6,9,11,14H,4-5,7-8,12H2,1-2H3. The van der Waals surface area contributed by atoms with E-state index in [1.807, 2.05) is 31.5 Å². The summed E-state index contributed by atoms with van der Waals surface area (Å²) in [5, 5.41) is 9.72. The van der Waals surface area contributed by atoms with Crippen LogP contribution < -0.4 is 9.64 Å². The molecule has 0 N–H and O–H groups in total. The number of pyridine rings is 1. The molecule has 0 saturated carbocycles. The Balaban J connectivity index is 1.54. The van der Waals surface area contributed by atoms with Gasteiger partial charge in [0.05, 0.1) is 6.61 Å². The second-order valence-corrected chi connectivity index (χ2v) is 6.87. The first-order valence-corrected chi connectivity index (χ1v) is 9.53. The fourth-order valence-corrected chi connectivity index (χ4v) is 3.22. The van der Waals surface area contributed by atoms with Crippen LogP contribution in [0.2, 0.25) is 0 Å². The van der Waals surface area contributed by atoms with Crippen molar-refractivity contribution in [2.24, 2.45) is 5.92 Å². The minimum absolute atomic E-state index is 0.465. The number of hydrogen-bond donors (Lipinski definition) is 0. The largest absolute Gasteiger partial charge is 0.477 e. The maximum Gasteiger partial charge on any atom is 0.220 e. The van der Waals surface area contributed by atoms with Crippen LogP contribution in [0.4, 0.5) is 5.69 Å². The molecule has 2 aromatic rings. The van der Waals surface area contributed by atoms with Crippen LogP contribution in [-0.2, 0) is 0 Å². The van der Waals surface area contributed by atoms with Crippen molar-refractivity contribution in [1.82, 2.24) is 15.0 Å². The second-order valence-electron chi connectivity index (χ2n) is 6.10. The minimum atomic E-state index is 0.465. The molecule has 0 unspecified atom stereocenters. The molecule has 3 rings (SSSR count). The Bertz CT molecular complexity index is 768. The molecule has 0 aromatic carbocycles. The Kier molecular flexibility index (Phi) is 5.71. The molecule has 0 radical (unpaired) electrons. The summed E-state index contributed by atoms with van der Waals surface area (Å²) in [5.41, 5.74) is 2.50. The molecular formula is C18H21N5OS. The zero-order valence-electron chi connectivity index (χ0n) is 14.5. The maximum absolute atomic E-state index is 8.98. The van der Waals surface area contributed by atoms with Crippen molar-refractivity contribution >= 4 is 17.4 Å². The number of anilines is 1. The highest BCUT2D eigenvalue weighted by molar-refractivity contribution is 7.98. The number of thioether (sulfide) groups is 1. The lowest BCUT2D eigenvalue weighted by Crippen LogP contribution is -2.35. The van der Waals surface area contributed by atoms with Gasteiger partial charge in [-0.05, 0) is 44.1 Å². The first kappa shape index (κ1) is 17.5. The van der Waals surface area contributed by atoms with Gasteiger partial charge in [0.2, 0.25) is 5.88 Å². The quantitative estimate of drug-likeness (QED) is 0.602. The Hall–Kier alpha value is -2.33. The van der Waals surface area contributed by atoms with Crippen molar-refractivity contribution in [2.45, 2.75) is 24.9 Å². The lowest BCUT2D eigenvalue weighted by atomic mass is 9.97. The van der Waals surface area contributed by atoms with Crippen molar-refractivity contribution in [3.05, 3.63) is 35.8 Å². The Morgan fingerprint density at radius 1 is 1.36 bits per heavy atom. The molecule has 0 atom stereocenters. The van der Waals surface area contributed by atoms with E-state index in [0.29, 0.717) is 24.1 Å². The van der Waals surface area contributed by atoms with Crippen LogP contribution >= 0.6 is 11.8 Å². The summed E-state index contributed by atoms with van der Waals surface area (Å²) in [7, 11) is 0. The molecular weight excluding hydrogens is 334 g/mol. The summed E-state index contributed by atoms with van der Waals surface area (Å²) in [6, 6.07) is 5.91. The zero-order chi connectivity index (χ0) is 17.6. The predicted molar refractivity (Wildman–Crippen MR) is 97.9 cm³/mol. The fraction of sp³-hybridized carbons (Fsp3) is 0.444. The second kappa shape index (κ2) is 8.17. The van der Waals surface area contributed by atoms with Crippen LogP contribution in [0.5, 0.6) is 5.88 Å². The van der Waals surface area contributed by atoms with Gasteiger partial charge in [-0.3, -0.25) is 0 Å². The van der Waals surface area contributed by atoms with Gasteiger partial charge >= 0.3 is 0 Å². The van der Waals surface area contributed by atoms with Crippen LogP contribution in [0.15, 0.2) is 29.7 Å². The molecule has 1 aliphatic heterocycles. The Labute approximate surface area is 152 Å². The van der Waals surface area contributed by atoms with E-state index in [0.717, 1.165) is 42.3 Å². The topological polar surface area (TPSA) is 74.9 Å². The number of hydrogen-bond acceptors (Lipinski definition) is 7. The van der Waals surface area contributed by atoms with Gasteiger partial charge in [0.1, 0.15) is 11.8 Å². The predicted octanol–water partition coefficient (Wildman–Crippen LogP) is 3.07. The van der Waals surface area contributed by atoms with E-state index in [4.69, 9.17) is 10.00 Å². The highest BCUT2D eigenvalue weighted by Crippen LogP contribution is 2.25. The van der Waals surface area contributed by atoms with Crippen LogP contribution in [0.1, 0.15) is 24.1 Å². The maximum atomic E-state index is 8.98. The number of ether oxygens (including phenoxy) is 1. The molecule has 0 aliphatic carbocycles. The van der Waals surface area contributed by atoms with E-state index in [-0.39, 0.29) is 0 Å². The third-order valence-corrected chi connectivity index (χ3v) is 4.94. The molecule has 0 spiro atoms. The summed E-state index contributed by atoms with van der Waals surface area (Å²) >= 11 is 1.52. The summed E-state index contributed by atoms with van der Waals surface area (Å²) < 4.78 is 5.96. The number of rotatable bonds is 5. The van der Waals surface area contributed by atoms with Crippen molar-refractivity contribution < 1.29 is 4.74 Å². The molecule has 130 valence electrons. The number of nitriles is 1. The smallest absolute Gasteiger partial charge is 0.220 e. The van der Waals surface area contributed by atoms with Gasteiger partial charge in [-0.1, -0.05) is 11.8 Å². The molecule has 25 heavy (non-hydrogen) atoms. The summed E-state index contributed by atoms with van der Waals surface area (Å²) in [5.74, 6) is 1.20. The number of nitrogens with zero attached hydrogens (tertiary/aromatic N) is 5. The first-order valence-electron chi connectivity index (χ1n) is 8.31. The van der Waals surface area contributed by atoms with Crippen molar-refractivity contribution in [1.29, 1.82) is 5.26 Å². The fourth-order valence-electron chi connectivity index (χ4n) is 2.89. The van der Waals surface area contributed by atoms with Gasteiger partial charge < -0.3 is 9.64 Å². The third-order valence-electron chi connectivity index (χ3n) is 4.38. The summed E-state index contributed by atoms with van der Waals surface area (Å²) in [6.07, 6.45) is 7.59.